The lowest BCUT2D eigenvalue weighted by molar-refractivity contribution is -0.385. The lowest BCUT2D eigenvalue weighted by atomic mass is 10.2. The van der Waals surface area contributed by atoms with Gasteiger partial charge in [0.05, 0.1) is 16.6 Å². The minimum Gasteiger partial charge on any atom is -0.258 e. The number of halogens is 2. The van der Waals surface area contributed by atoms with Gasteiger partial charge in [0.25, 0.3) is 19.9 Å². The minimum atomic E-state index is -4.11. The van der Waals surface area contributed by atoms with Gasteiger partial charge in [0.2, 0.25) is 0 Å². The Balaban J connectivity index is 2.48. The van der Waals surface area contributed by atoms with Gasteiger partial charge in [0, 0.05) is 16.7 Å². The summed E-state index contributed by atoms with van der Waals surface area (Å²) < 4.78 is 35.5. The van der Waals surface area contributed by atoms with Crippen molar-refractivity contribution >= 4 is 25.4 Å². The highest BCUT2D eigenvalue weighted by molar-refractivity contribution is 8.13. The molecule has 1 N–H and O–H groups in total. The van der Waals surface area contributed by atoms with Gasteiger partial charge >= 0.3 is 0 Å². The van der Waals surface area contributed by atoms with Gasteiger partial charge in [-0.25, -0.2) is 17.9 Å². The van der Waals surface area contributed by atoms with E-state index in [1.165, 1.54) is 0 Å². The maximum Gasteiger partial charge on any atom is 0.296 e. The predicted molar refractivity (Wildman–Crippen MR) is 61.5 cm³/mol. The number of H-pyrrole nitrogens is 1. The number of nitrogens with one attached hydrogen (secondary N) is 1. The highest BCUT2D eigenvalue weighted by Crippen LogP contribution is 2.24. The molecule has 2 aromatic rings. The summed E-state index contributed by atoms with van der Waals surface area (Å²) in [7, 11) is 0.909. The summed E-state index contributed by atoms with van der Waals surface area (Å²) >= 11 is 0. The molecule has 0 fully saturated rings. The van der Waals surface area contributed by atoms with E-state index in [2.05, 4.69) is 10.1 Å². The van der Waals surface area contributed by atoms with E-state index in [9.17, 15) is 22.9 Å². The third kappa shape index (κ3) is 2.69. The van der Waals surface area contributed by atoms with E-state index < -0.39 is 30.6 Å². The van der Waals surface area contributed by atoms with Crippen LogP contribution in [0.2, 0.25) is 0 Å². The van der Waals surface area contributed by atoms with Crippen LogP contribution in [0.5, 0.6) is 0 Å². The summed E-state index contributed by atoms with van der Waals surface area (Å²) in [6.07, 6.45) is 0. The molecule has 11 heteroatoms. The normalized spacial score (nSPS) is 11.5. The Kier molecular flexibility index (Phi) is 3.20. The number of nitro groups is 1. The van der Waals surface area contributed by atoms with Crippen molar-refractivity contribution in [2.75, 3.05) is 0 Å². The first-order valence-corrected chi connectivity index (χ1v) is 6.91. The smallest absolute Gasteiger partial charge is 0.258 e. The molecule has 100 valence electrons. The Hall–Kier alpha value is -2.07. The molecule has 1 aromatic carbocycles. The fourth-order valence-electron chi connectivity index (χ4n) is 1.28. The average molecular weight is 307 g/mol. The van der Waals surface area contributed by atoms with Crippen molar-refractivity contribution in [3.63, 3.8) is 0 Å². The van der Waals surface area contributed by atoms with E-state index in [1.54, 1.807) is 0 Å². The van der Waals surface area contributed by atoms with Crippen LogP contribution in [-0.2, 0) is 9.05 Å². The molecular formula is C8H4ClFN4O4S. The van der Waals surface area contributed by atoms with E-state index in [4.69, 9.17) is 10.7 Å². The number of rotatable bonds is 3. The van der Waals surface area contributed by atoms with E-state index >= 15 is 0 Å². The van der Waals surface area contributed by atoms with Crippen LogP contribution in [0.15, 0.2) is 23.4 Å². The van der Waals surface area contributed by atoms with Crippen molar-refractivity contribution in [2.24, 2.45) is 0 Å². The second kappa shape index (κ2) is 4.55. The number of aromatic nitrogens is 3. The lowest BCUT2D eigenvalue weighted by Gasteiger charge is -1.97. The quantitative estimate of drug-likeness (QED) is 0.520. The molecule has 1 aromatic heterocycles. The number of nitro benzene ring substituents is 1. The summed E-state index contributed by atoms with van der Waals surface area (Å²) in [6, 6.07) is 2.80. The number of hydrogen-bond donors (Lipinski definition) is 1. The second-order valence-corrected chi connectivity index (χ2v) is 5.80. The molecule has 0 aliphatic carbocycles. The first-order chi connectivity index (χ1) is 8.79. The topological polar surface area (TPSA) is 119 Å². The standard InChI is InChI=1S/C8H4ClFN4O4S/c9-19(17,18)8-11-7(12-13-8)5-2-1-4(14(15)16)3-6(5)10/h1-3H,(H,11,12,13). The first kappa shape index (κ1) is 13.4. The Bertz CT molecular complexity index is 760. The van der Waals surface area contributed by atoms with Crippen LogP contribution in [0, 0.1) is 15.9 Å². The van der Waals surface area contributed by atoms with Crippen molar-refractivity contribution in [1.29, 1.82) is 0 Å². The maximum atomic E-state index is 13.6. The molecule has 0 amide bonds. The van der Waals surface area contributed by atoms with Crippen LogP contribution in [0.4, 0.5) is 10.1 Å². The van der Waals surface area contributed by atoms with Crippen LogP contribution in [0.3, 0.4) is 0 Å². The maximum absolute atomic E-state index is 13.6. The van der Waals surface area contributed by atoms with Gasteiger partial charge in [-0.3, -0.25) is 10.1 Å². The van der Waals surface area contributed by atoms with Crippen LogP contribution >= 0.6 is 10.7 Å². The Morgan fingerprint density at radius 3 is 2.58 bits per heavy atom. The summed E-state index contributed by atoms with van der Waals surface area (Å²) in [5.41, 5.74) is -0.629. The Morgan fingerprint density at radius 2 is 2.11 bits per heavy atom. The highest BCUT2D eigenvalue weighted by Gasteiger charge is 2.19. The van der Waals surface area contributed by atoms with Gasteiger partial charge in [0.1, 0.15) is 5.82 Å². The zero-order valence-electron chi connectivity index (χ0n) is 8.87. The zero-order valence-corrected chi connectivity index (χ0v) is 10.4. The molecular weight excluding hydrogens is 303 g/mol. The summed E-state index contributed by atoms with van der Waals surface area (Å²) in [5.74, 6) is -1.22. The van der Waals surface area contributed by atoms with E-state index in [-0.39, 0.29) is 11.4 Å². The lowest BCUT2D eigenvalue weighted by Crippen LogP contribution is -1.94. The Morgan fingerprint density at radius 1 is 1.42 bits per heavy atom. The van der Waals surface area contributed by atoms with Crippen LogP contribution in [0.25, 0.3) is 11.4 Å². The van der Waals surface area contributed by atoms with Crippen molar-refractivity contribution < 1.29 is 17.7 Å². The van der Waals surface area contributed by atoms with Crippen molar-refractivity contribution in [3.05, 3.63) is 34.1 Å². The molecule has 19 heavy (non-hydrogen) atoms. The highest BCUT2D eigenvalue weighted by atomic mass is 35.7. The van der Waals surface area contributed by atoms with Gasteiger partial charge in [-0.15, -0.1) is 0 Å². The van der Waals surface area contributed by atoms with Crippen molar-refractivity contribution in [1.82, 2.24) is 15.2 Å². The summed E-state index contributed by atoms with van der Waals surface area (Å²) in [4.78, 5) is 13.2. The summed E-state index contributed by atoms with van der Waals surface area (Å²) in [5, 5.41) is 15.3. The fourth-order valence-corrected chi connectivity index (χ4v) is 1.83. The molecule has 0 bridgehead atoms. The van der Waals surface area contributed by atoms with E-state index in [1.807, 2.05) is 5.10 Å². The third-order valence-corrected chi connectivity index (χ3v) is 3.18. The monoisotopic (exact) mass is 306 g/mol. The second-order valence-electron chi connectivity index (χ2n) is 3.32. The average Bonchev–Trinajstić information content (AvgIpc) is 2.77. The molecule has 0 unspecified atom stereocenters. The fraction of sp³-hybridized carbons (Fsp3) is 0. The van der Waals surface area contributed by atoms with Crippen LogP contribution in [0.1, 0.15) is 0 Å². The van der Waals surface area contributed by atoms with Crippen LogP contribution in [-0.4, -0.2) is 28.5 Å². The Labute approximate surface area is 109 Å². The van der Waals surface area contributed by atoms with Gasteiger partial charge in [-0.1, -0.05) is 0 Å². The molecule has 1 heterocycles. The van der Waals surface area contributed by atoms with Gasteiger partial charge in [-0.05, 0) is 6.07 Å². The minimum absolute atomic E-state index is 0.187. The molecule has 0 spiro atoms. The van der Waals surface area contributed by atoms with E-state index in [0.29, 0.717) is 6.07 Å². The first-order valence-electron chi connectivity index (χ1n) is 4.60. The van der Waals surface area contributed by atoms with Gasteiger partial charge in [-0.2, -0.15) is 10.1 Å². The molecule has 0 saturated carbocycles. The predicted octanol–water partition coefficient (Wildman–Crippen LogP) is 1.45. The SMILES string of the molecule is O=[N+]([O-])c1ccc(-c2n[nH]c(S(=O)(=O)Cl)n2)c(F)c1. The van der Waals surface area contributed by atoms with Crippen LogP contribution < -0.4 is 0 Å². The van der Waals surface area contributed by atoms with Gasteiger partial charge < -0.3 is 0 Å². The number of hydrogen-bond acceptors (Lipinski definition) is 6. The number of nitrogens with zero attached hydrogens (tertiary/aromatic N) is 3. The molecule has 0 aliphatic rings. The molecule has 2 rings (SSSR count). The zero-order chi connectivity index (χ0) is 14.2. The molecule has 0 aliphatic heterocycles. The molecule has 0 radical (unpaired) electrons. The third-order valence-electron chi connectivity index (χ3n) is 2.10. The molecule has 8 nitrogen and oxygen atoms in total. The molecule has 0 saturated heterocycles. The molecule has 0 atom stereocenters. The van der Waals surface area contributed by atoms with E-state index in [0.717, 1.165) is 12.1 Å². The van der Waals surface area contributed by atoms with Crippen molar-refractivity contribution in [2.45, 2.75) is 5.16 Å². The largest absolute Gasteiger partial charge is 0.296 e. The van der Waals surface area contributed by atoms with Crippen molar-refractivity contribution in [3.8, 4) is 11.4 Å². The number of non-ortho nitro benzene ring substituents is 1. The number of benzene rings is 1. The number of aromatic amines is 1. The summed E-state index contributed by atoms with van der Waals surface area (Å²) in [6.45, 7) is 0. The van der Waals surface area contributed by atoms with Gasteiger partial charge in [0.15, 0.2) is 5.82 Å².